The van der Waals surface area contributed by atoms with E-state index in [1.54, 1.807) is 31.2 Å². The van der Waals surface area contributed by atoms with E-state index in [2.05, 4.69) is 10.2 Å². The minimum Gasteiger partial charge on any atom is -0.371 e. The minimum atomic E-state index is -3.66. The second kappa shape index (κ2) is 9.14. The van der Waals surface area contributed by atoms with Crippen molar-refractivity contribution in [3.05, 3.63) is 58.9 Å². The lowest BCUT2D eigenvalue weighted by atomic mass is 10.1. The summed E-state index contributed by atoms with van der Waals surface area (Å²) in [6, 6.07) is 9.41. The SMILES string of the molecule is Cc1cc(CNC(=O)c2cc(S(=O)(=O)N(C)C)ccc2N2CCCCC2)ccc1F. The Bertz CT molecular complexity index is 1030. The maximum absolute atomic E-state index is 13.5. The van der Waals surface area contributed by atoms with Crippen molar-refractivity contribution in [1.29, 1.82) is 0 Å². The third-order valence-corrected chi connectivity index (χ3v) is 7.17. The fourth-order valence-corrected chi connectivity index (χ4v) is 4.50. The number of hydrogen-bond acceptors (Lipinski definition) is 4. The zero-order valence-corrected chi connectivity index (χ0v) is 18.4. The second-order valence-corrected chi connectivity index (χ2v) is 9.93. The third-order valence-electron chi connectivity index (χ3n) is 5.36. The summed E-state index contributed by atoms with van der Waals surface area (Å²) in [6.45, 7) is 3.56. The van der Waals surface area contributed by atoms with Crippen molar-refractivity contribution < 1.29 is 17.6 Å². The van der Waals surface area contributed by atoms with Gasteiger partial charge < -0.3 is 10.2 Å². The molecular formula is C22H28FN3O3S. The Morgan fingerprint density at radius 3 is 2.43 bits per heavy atom. The van der Waals surface area contributed by atoms with Crippen LogP contribution in [0.3, 0.4) is 0 Å². The molecule has 1 fully saturated rings. The summed E-state index contributed by atoms with van der Waals surface area (Å²) in [5.41, 5.74) is 2.35. The van der Waals surface area contributed by atoms with E-state index in [0.29, 0.717) is 11.1 Å². The summed E-state index contributed by atoms with van der Waals surface area (Å²) < 4.78 is 39.8. The number of carbonyl (C=O) groups is 1. The van der Waals surface area contributed by atoms with E-state index in [0.717, 1.165) is 47.9 Å². The molecule has 3 rings (SSSR count). The molecule has 1 heterocycles. The van der Waals surface area contributed by atoms with Gasteiger partial charge in [0.25, 0.3) is 5.91 Å². The molecule has 0 atom stereocenters. The average Bonchev–Trinajstić information content (AvgIpc) is 2.74. The summed E-state index contributed by atoms with van der Waals surface area (Å²) in [7, 11) is -0.739. The molecule has 2 aromatic carbocycles. The van der Waals surface area contributed by atoms with Crippen LogP contribution >= 0.6 is 0 Å². The van der Waals surface area contributed by atoms with Gasteiger partial charge in [-0.1, -0.05) is 12.1 Å². The number of carbonyl (C=O) groups excluding carboxylic acids is 1. The highest BCUT2D eigenvalue weighted by Crippen LogP contribution is 2.28. The minimum absolute atomic E-state index is 0.0797. The van der Waals surface area contributed by atoms with Crippen LogP contribution in [-0.2, 0) is 16.6 Å². The molecule has 0 aliphatic carbocycles. The molecule has 1 amide bonds. The van der Waals surface area contributed by atoms with Crippen molar-refractivity contribution in [3.63, 3.8) is 0 Å². The predicted octanol–water partition coefficient (Wildman–Crippen LogP) is 3.30. The van der Waals surface area contributed by atoms with Crippen LogP contribution in [0.5, 0.6) is 0 Å². The van der Waals surface area contributed by atoms with Crippen molar-refractivity contribution in [2.45, 2.75) is 37.6 Å². The monoisotopic (exact) mass is 433 g/mol. The maximum atomic E-state index is 13.5. The normalized spacial score (nSPS) is 14.8. The van der Waals surface area contributed by atoms with Gasteiger partial charge in [0.1, 0.15) is 5.82 Å². The van der Waals surface area contributed by atoms with Gasteiger partial charge in [0.2, 0.25) is 10.0 Å². The van der Waals surface area contributed by atoms with Crippen LogP contribution in [0.1, 0.15) is 40.7 Å². The van der Waals surface area contributed by atoms with Gasteiger partial charge in [-0.2, -0.15) is 0 Å². The Balaban J connectivity index is 1.91. The first-order chi connectivity index (χ1) is 14.2. The standard InChI is InChI=1S/C22H28FN3O3S/c1-16-13-17(7-9-20(16)23)15-24-22(27)19-14-18(30(28,29)25(2)3)8-10-21(19)26-11-5-4-6-12-26/h7-10,13-14H,4-6,11-12,15H2,1-3H3,(H,24,27). The fraction of sp³-hybridized carbons (Fsp3) is 0.409. The molecule has 0 saturated carbocycles. The number of halogens is 1. The highest BCUT2D eigenvalue weighted by Gasteiger charge is 2.24. The molecule has 1 aliphatic rings. The summed E-state index contributed by atoms with van der Waals surface area (Å²) >= 11 is 0. The molecule has 0 spiro atoms. The topological polar surface area (TPSA) is 69.7 Å². The molecule has 1 aliphatic heterocycles. The highest BCUT2D eigenvalue weighted by atomic mass is 32.2. The van der Waals surface area contributed by atoms with Crippen LogP contribution in [0.4, 0.5) is 10.1 Å². The van der Waals surface area contributed by atoms with Gasteiger partial charge in [0.05, 0.1) is 10.5 Å². The van der Waals surface area contributed by atoms with Crippen LogP contribution in [0.25, 0.3) is 0 Å². The molecule has 1 N–H and O–H groups in total. The lowest BCUT2D eigenvalue weighted by Gasteiger charge is -2.30. The number of sulfonamides is 1. The van der Waals surface area contributed by atoms with Crippen LogP contribution in [-0.4, -0.2) is 45.8 Å². The van der Waals surface area contributed by atoms with E-state index in [9.17, 15) is 17.6 Å². The first-order valence-electron chi connectivity index (χ1n) is 10.0. The van der Waals surface area contributed by atoms with Gasteiger partial charge in [-0.15, -0.1) is 0 Å². The summed E-state index contributed by atoms with van der Waals surface area (Å²) in [4.78, 5) is 15.3. The van der Waals surface area contributed by atoms with E-state index in [-0.39, 0.29) is 23.2 Å². The second-order valence-electron chi connectivity index (χ2n) is 7.78. The smallest absolute Gasteiger partial charge is 0.253 e. The number of rotatable bonds is 6. The number of nitrogens with zero attached hydrogens (tertiary/aromatic N) is 2. The zero-order chi connectivity index (χ0) is 21.9. The Morgan fingerprint density at radius 2 is 1.80 bits per heavy atom. The Kier molecular flexibility index (Phi) is 6.77. The van der Waals surface area contributed by atoms with Gasteiger partial charge in [-0.25, -0.2) is 17.1 Å². The first kappa shape index (κ1) is 22.2. The van der Waals surface area contributed by atoms with Gasteiger partial charge in [0.15, 0.2) is 0 Å². The molecule has 0 aromatic heterocycles. The summed E-state index contributed by atoms with van der Waals surface area (Å²) in [6.07, 6.45) is 3.22. The number of aryl methyl sites for hydroxylation is 1. The molecule has 0 radical (unpaired) electrons. The van der Waals surface area contributed by atoms with Crippen molar-refractivity contribution in [2.24, 2.45) is 0 Å². The first-order valence-corrected chi connectivity index (χ1v) is 11.5. The van der Waals surface area contributed by atoms with E-state index in [1.165, 1.54) is 26.2 Å². The zero-order valence-electron chi connectivity index (χ0n) is 17.6. The van der Waals surface area contributed by atoms with E-state index in [4.69, 9.17) is 0 Å². The lowest BCUT2D eigenvalue weighted by Crippen LogP contribution is -2.33. The van der Waals surface area contributed by atoms with Crippen molar-refractivity contribution >= 4 is 21.6 Å². The number of benzene rings is 2. The van der Waals surface area contributed by atoms with Gasteiger partial charge in [-0.05, 0) is 61.6 Å². The lowest BCUT2D eigenvalue weighted by molar-refractivity contribution is 0.0951. The molecule has 162 valence electrons. The molecular weight excluding hydrogens is 405 g/mol. The number of amides is 1. The predicted molar refractivity (Wildman–Crippen MR) is 116 cm³/mol. The van der Waals surface area contributed by atoms with Crippen LogP contribution in [0, 0.1) is 12.7 Å². The molecule has 1 saturated heterocycles. The molecule has 2 aromatic rings. The average molecular weight is 434 g/mol. The molecule has 30 heavy (non-hydrogen) atoms. The number of nitrogens with one attached hydrogen (secondary N) is 1. The maximum Gasteiger partial charge on any atom is 0.253 e. The van der Waals surface area contributed by atoms with E-state index < -0.39 is 10.0 Å². The molecule has 0 unspecified atom stereocenters. The van der Waals surface area contributed by atoms with Crippen molar-refractivity contribution in [2.75, 3.05) is 32.1 Å². The third kappa shape index (κ3) is 4.82. The van der Waals surface area contributed by atoms with Gasteiger partial charge in [0, 0.05) is 39.4 Å². The highest BCUT2D eigenvalue weighted by molar-refractivity contribution is 7.89. The van der Waals surface area contributed by atoms with Crippen molar-refractivity contribution in [3.8, 4) is 0 Å². The summed E-state index contributed by atoms with van der Waals surface area (Å²) in [5.74, 6) is -0.646. The number of hydrogen-bond donors (Lipinski definition) is 1. The fourth-order valence-electron chi connectivity index (χ4n) is 3.57. The van der Waals surface area contributed by atoms with Crippen LogP contribution < -0.4 is 10.2 Å². The van der Waals surface area contributed by atoms with Crippen LogP contribution in [0.2, 0.25) is 0 Å². The van der Waals surface area contributed by atoms with Gasteiger partial charge >= 0.3 is 0 Å². The quantitative estimate of drug-likeness (QED) is 0.759. The number of piperidine rings is 1. The summed E-state index contributed by atoms with van der Waals surface area (Å²) in [5, 5.41) is 2.85. The van der Waals surface area contributed by atoms with Crippen LogP contribution in [0.15, 0.2) is 41.3 Å². The van der Waals surface area contributed by atoms with Crippen molar-refractivity contribution in [1.82, 2.24) is 9.62 Å². The van der Waals surface area contributed by atoms with E-state index >= 15 is 0 Å². The Labute approximate surface area is 177 Å². The molecule has 0 bridgehead atoms. The number of anilines is 1. The largest absolute Gasteiger partial charge is 0.371 e. The molecule has 8 heteroatoms. The Hall–Kier alpha value is -2.45. The van der Waals surface area contributed by atoms with E-state index in [1.807, 2.05) is 0 Å². The van der Waals surface area contributed by atoms with Gasteiger partial charge in [-0.3, -0.25) is 4.79 Å². The molecule has 6 nitrogen and oxygen atoms in total. The Morgan fingerprint density at radius 1 is 1.10 bits per heavy atom.